The molecule has 0 atom stereocenters. The minimum atomic E-state index is -0.738. The third kappa shape index (κ3) is 6.05. The Bertz CT molecular complexity index is 956. The van der Waals surface area contributed by atoms with E-state index < -0.39 is 24.4 Å². The van der Waals surface area contributed by atoms with Crippen molar-refractivity contribution in [3.05, 3.63) is 54.1 Å². The van der Waals surface area contributed by atoms with Crippen LogP contribution in [0.3, 0.4) is 0 Å². The first-order valence-corrected chi connectivity index (χ1v) is 9.74. The maximum absolute atomic E-state index is 12.2. The van der Waals surface area contributed by atoms with Gasteiger partial charge in [-0.1, -0.05) is 0 Å². The first kappa shape index (κ1) is 21.8. The minimum absolute atomic E-state index is 0.0657. The van der Waals surface area contributed by atoms with Gasteiger partial charge in [-0.3, -0.25) is 19.2 Å². The van der Waals surface area contributed by atoms with Crippen molar-refractivity contribution in [1.29, 1.82) is 0 Å². The summed E-state index contributed by atoms with van der Waals surface area (Å²) in [4.78, 5) is 49.3. The van der Waals surface area contributed by atoms with Crippen LogP contribution in [0, 0.1) is 0 Å². The zero-order chi connectivity index (χ0) is 22.2. The van der Waals surface area contributed by atoms with Gasteiger partial charge < -0.3 is 25.0 Å². The number of esters is 1. The van der Waals surface area contributed by atoms with E-state index in [1.165, 1.54) is 7.11 Å². The van der Waals surface area contributed by atoms with E-state index in [9.17, 15) is 19.2 Å². The van der Waals surface area contributed by atoms with Gasteiger partial charge in [0.1, 0.15) is 12.3 Å². The van der Waals surface area contributed by atoms with E-state index >= 15 is 0 Å². The average Bonchev–Trinajstić information content (AvgIpc) is 3.22. The summed E-state index contributed by atoms with van der Waals surface area (Å²) >= 11 is 0. The van der Waals surface area contributed by atoms with E-state index in [1.54, 1.807) is 53.4 Å². The normalized spacial score (nSPS) is 12.9. The fourth-order valence-electron chi connectivity index (χ4n) is 3.04. The molecular weight excluding hydrogens is 402 g/mol. The number of amides is 3. The van der Waals surface area contributed by atoms with Crippen molar-refractivity contribution in [3.63, 3.8) is 0 Å². The number of rotatable bonds is 8. The molecule has 3 rings (SSSR count). The number of hydrogen-bond acceptors (Lipinski definition) is 6. The molecule has 1 aliphatic rings. The molecule has 0 radical (unpaired) electrons. The van der Waals surface area contributed by atoms with Crippen molar-refractivity contribution in [2.24, 2.45) is 0 Å². The maximum Gasteiger partial charge on any atom is 0.325 e. The molecule has 0 saturated carbocycles. The summed E-state index contributed by atoms with van der Waals surface area (Å²) in [6.07, 6.45) is 1.35. The van der Waals surface area contributed by atoms with Crippen molar-refractivity contribution >= 4 is 35.1 Å². The molecule has 3 amide bonds. The molecule has 0 aliphatic carbocycles. The molecule has 0 spiro atoms. The number of benzene rings is 2. The van der Waals surface area contributed by atoms with Crippen LogP contribution in [0.15, 0.2) is 48.5 Å². The summed E-state index contributed by atoms with van der Waals surface area (Å²) in [7, 11) is 1.54. The van der Waals surface area contributed by atoms with Gasteiger partial charge in [0.25, 0.3) is 11.8 Å². The number of ether oxygens (including phenoxy) is 2. The SMILES string of the molecule is COc1ccc(NC(=O)COC(=O)CNC(=O)c2ccc(N3CCCC3=O)cc2)cc1. The van der Waals surface area contributed by atoms with Gasteiger partial charge in [-0.15, -0.1) is 0 Å². The van der Waals surface area contributed by atoms with Crippen molar-refractivity contribution in [2.45, 2.75) is 12.8 Å². The standard InChI is InChI=1S/C22H23N3O6/c1-30-18-10-6-16(7-11-18)24-19(26)14-31-21(28)13-23-22(29)15-4-8-17(9-5-15)25-12-2-3-20(25)27/h4-11H,2-3,12-14H2,1H3,(H,23,29)(H,24,26). The number of carbonyl (C=O) groups is 4. The highest BCUT2D eigenvalue weighted by Gasteiger charge is 2.21. The largest absolute Gasteiger partial charge is 0.497 e. The van der Waals surface area contributed by atoms with Crippen LogP contribution in [0.25, 0.3) is 0 Å². The molecule has 0 unspecified atom stereocenters. The molecule has 0 bridgehead atoms. The number of carbonyl (C=O) groups excluding carboxylic acids is 4. The molecule has 9 nitrogen and oxygen atoms in total. The molecule has 9 heteroatoms. The van der Waals surface area contributed by atoms with Crippen LogP contribution < -0.4 is 20.3 Å². The summed E-state index contributed by atoms with van der Waals surface area (Å²) in [5.74, 6) is -0.983. The fraction of sp³-hybridized carbons (Fsp3) is 0.273. The first-order valence-electron chi connectivity index (χ1n) is 9.74. The highest BCUT2D eigenvalue weighted by atomic mass is 16.5. The Labute approximate surface area is 179 Å². The first-order chi connectivity index (χ1) is 15.0. The Balaban J connectivity index is 1.40. The van der Waals surface area contributed by atoms with Crippen LogP contribution in [-0.2, 0) is 19.1 Å². The second kappa shape index (κ2) is 10.2. The molecule has 1 heterocycles. The van der Waals surface area contributed by atoms with Gasteiger partial charge in [-0.2, -0.15) is 0 Å². The Morgan fingerprint density at radius 3 is 2.35 bits per heavy atom. The fourth-order valence-corrected chi connectivity index (χ4v) is 3.04. The Morgan fingerprint density at radius 2 is 1.74 bits per heavy atom. The Morgan fingerprint density at radius 1 is 1.03 bits per heavy atom. The molecule has 162 valence electrons. The van der Waals surface area contributed by atoms with Gasteiger partial charge in [0.15, 0.2) is 6.61 Å². The lowest BCUT2D eigenvalue weighted by Crippen LogP contribution is -2.32. The van der Waals surface area contributed by atoms with E-state index in [-0.39, 0.29) is 12.5 Å². The predicted molar refractivity (Wildman–Crippen MR) is 113 cm³/mol. The van der Waals surface area contributed by atoms with E-state index in [1.807, 2.05) is 0 Å². The quantitative estimate of drug-likeness (QED) is 0.623. The minimum Gasteiger partial charge on any atom is -0.497 e. The van der Waals surface area contributed by atoms with E-state index in [0.717, 1.165) is 12.1 Å². The summed E-state index contributed by atoms with van der Waals surface area (Å²) in [5, 5.41) is 5.03. The van der Waals surface area contributed by atoms with Crippen LogP contribution in [0.5, 0.6) is 5.75 Å². The van der Waals surface area contributed by atoms with Gasteiger partial charge >= 0.3 is 5.97 Å². The van der Waals surface area contributed by atoms with Gasteiger partial charge in [0.2, 0.25) is 5.91 Å². The zero-order valence-corrected chi connectivity index (χ0v) is 17.1. The summed E-state index contributed by atoms with van der Waals surface area (Å²) in [5.41, 5.74) is 1.62. The molecular formula is C22H23N3O6. The Kier molecular flexibility index (Phi) is 7.21. The molecule has 31 heavy (non-hydrogen) atoms. The highest BCUT2D eigenvalue weighted by Crippen LogP contribution is 2.21. The van der Waals surface area contributed by atoms with Gasteiger partial charge in [0, 0.05) is 29.9 Å². The molecule has 1 fully saturated rings. The van der Waals surface area contributed by atoms with E-state index in [0.29, 0.717) is 30.0 Å². The maximum atomic E-state index is 12.2. The van der Waals surface area contributed by atoms with Crippen LogP contribution in [-0.4, -0.2) is 50.5 Å². The lowest BCUT2D eigenvalue weighted by Gasteiger charge is -2.15. The Hall–Kier alpha value is -3.88. The molecule has 2 aromatic carbocycles. The van der Waals surface area contributed by atoms with Gasteiger partial charge in [-0.05, 0) is 55.0 Å². The average molecular weight is 425 g/mol. The summed E-state index contributed by atoms with van der Waals surface area (Å²) in [6.45, 7) is -0.178. The van der Waals surface area contributed by atoms with Crippen molar-refractivity contribution in [2.75, 3.05) is 37.0 Å². The third-order valence-electron chi connectivity index (χ3n) is 4.65. The van der Waals surface area contributed by atoms with Gasteiger partial charge in [0.05, 0.1) is 7.11 Å². The third-order valence-corrected chi connectivity index (χ3v) is 4.65. The van der Waals surface area contributed by atoms with E-state index in [2.05, 4.69) is 10.6 Å². The number of nitrogens with one attached hydrogen (secondary N) is 2. The van der Waals surface area contributed by atoms with Crippen molar-refractivity contribution < 1.29 is 28.7 Å². The lowest BCUT2D eigenvalue weighted by atomic mass is 10.2. The van der Waals surface area contributed by atoms with Crippen LogP contribution in [0.2, 0.25) is 0 Å². The van der Waals surface area contributed by atoms with Crippen LogP contribution in [0.1, 0.15) is 23.2 Å². The molecule has 0 aromatic heterocycles. The van der Waals surface area contributed by atoms with E-state index in [4.69, 9.17) is 9.47 Å². The molecule has 2 N–H and O–H groups in total. The lowest BCUT2D eigenvalue weighted by molar-refractivity contribution is -0.146. The molecule has 2 aromatic rings. The predicted octanol–water partition coefficient (Wildman–Crippen LogP) is 1.73. The smallest absolute Gasteiger partial charge is 0.325 e. The monoisotopic (exact) mass is 425 g/mol. The van der Waals surface area contributed by atoms with Gasteiger partial charge in [-0.25, -0.2) is 0 Å². The summed E-state index contributed by atoms with van der Waals surface area (Å²) < 4.78 is 9.90. The number of anilines is 2. The number of hydrogen-bond donors (Lipinski definition) is 2. The summed E-state index contributed by atoms with van der Waals surface area (Å²) in [6, 6.07) is 13.3. The number of methoxy groups -OCH3 is 1. The number of nitrogens with zero attached hydrogens (tertiary/aromatic N) is 1. The highest BCUT2D eigenvalue weighted by molar-refractivity contribution is 5.98. The van der Waals surface area contributed by atoms with Crippen molar-refractivity contribution in [3.8, 4) is 5.75 Å². The van der Waals surface area contributed by atoms with Crippen LogP contribution >= 0.6 is 0 Å². The second-order valence-electron chi connectivity index (χ2n) is 6.82. The molecule has 1 saturated heterocycles. The topological polar surface area (TPSA) is 114 Å². The van der Waals surface area contributed by atoms with Crippen LogP contribution in [0.4, 0.5) is 11.4 Å². The second-order valence-corrected chi connectivity index (χ2v) is 6.82. The van der Waals surface area contributed by atoms with Crippen molar-refractivity contribution in [1.82, 2.24) is 5.32 Å². The zero-order valence-electron chi connectivity index (χ0n) is 17.1. The molecule has 1 aliphatic heterocycles.